The number of aromatic amines is 1. The van der Waals surface area contributed by atoms with Crippen LogP contribution in [-0.4, -0.2) is 65.2 Å². The monoisotopic (exact) mass is 477 g/mol. The van der Waals surface area contributed by atoms with E-state index in [2.05, 4.69) is 38.4 Å². The third kappa shape index (κ3) is 5.26. The Balaban J connectivity index is 1.44. The SMILES string of the molecule is CCc1c(F)cc(CN2CCCCC2)cc1-c1ccc2[nH]nc(C(=O)NC3CCN(C)CC3)c2c1. The predicted molar refractivity (Wildman–Crippen MR) is 138 cm³/mol. The van der Waals surface area contributed by atoms with Crippen molar-refractivity contribution in [2.24, 2.45) is 0 Å². The molecule has 1 amide bonds. The minimum atomic E-state index is -0.149. The molecule has 186 valence electrons. The lowest BCUT2D eigenvalue weighted by molar-refractivity contribution is 0.0913. The molecule has 2 aliphatic rings. The summed E-state index contributed by atoms with van der Waals surface area (Å²) in [5.74, 6) is -0.298. The molecular formula is C28H36FN5O. The van der Waals surface area contributed by atoms with Gasteiger partial charge in [0.25, 0.3) is 5.91 Å². The van der Waals surface area contributed by atoms with E-state index < -0.39 is 0 Å². The molecule has 0 unspecified atom stereocenters. The molecule has 0 bridgehead atoms. The van der Waals surface area contributed by atoms with Crippen LogP contribution in [0.3, 0.4) is 0 Å². The smallest absolute Gasteiger partial charge is 0.272 e. The summed E-state index contributed by atoms with van der Waals surface area (Å²) in [7, 11) is 2.11. The van der Waals surface area contributed by atoms with Crippen LogP contribution in [0, 0.1) is 5.82 Å². The van der Waals surface area contributed by atoms with Crippen LogP contribution in [0.1, 0.15) is 60.6 Å². The number of nitrogens with zero attached hydrogens (tertiary/aromatic N) is 3. The van der Waals surface area contributed by atoms with E-state index >= 15 is 4.39 Å². The van der Waals surface area contributed by atoms with Gasteiger partial charge in [0, 0.05) is 18.0 Å². The first-order valence-corrected chi connectivity index (χ1v) is 13.0. The number of likely N-dealkylation sites (tertiary alicyclic amines) is 2. The number of hydrogen-bond donors (Lipinski definition) is 2. The summed E-state index contributed by atoms with van der Waals surface area (Å²) in [5, 5.41) is 11.3. The maximum atomic E-state index is 15.2. The lowest BCUT2D eigenvalue weighted by atomic mass is 9.93. The summed E-state index contributed by atoms with van der Waals surface area (Å²) in [6, 6.07) is 9.93. The van der Waals surface area contributed by atoms with E-state index in [0.29, 0.717) is 17.7 Å². The fraction of sp³-hybridized carbons (Fsp3) is 0.500. The van der Waals surface area contributed by atoms with Crippen molar-refractivity contribution in [3.8, 4) is 11.1 Å². The Labute approximate surface area is 206 Å². The molecule has 2 saturated heterocycles. The van der Waals surface area contributed by atoms with Crippen LogP contribution in [0.15, 0.2) is 30.3 Å². The second-order valence-corrected chi connectivity index (χ2v) is 10.2. The molecule has 1 aromatic heterocycles. The second-order valence-electron chi connectivity index (χ2n) is 10.2. The van der Waals surface area contributed by atoms with Crippen LogP contribution >= 0.6 is 0 Å². The zero-order valence-corrected chi connectivity index (χ0v) is 20.9. The molecule has 5 rings (SSSR count). The Kier molecular flexibility index (Phi) is 7.16. The number of halogens is 1. The van der Waals surface area contributed by atoms with Gasteiger partial charge in [0.1, 0.15) is 5.82 Å². The molecule has 0 radical (unpaired) electrons. The molecule has 7 heteroatoms. The number of nitrogens with one attached hydrogen (secondary N) is 2. The molecule has 0 atom stereocenters. The van der Waals surface area contributed by atoms with Gasteiger partial charge in [-0.2, -0.15) is 5.10 Å². The molecule has 2 aliphatic heterocycles. The molecule has 35 heavy (non-hydrogen) atoms. The number of carbonyl (C=O) groups excluding carboxylic acids is 1. The van der Waals surface area contributed by atoms with Gasteiger partial charge in [-0.15, -0.1) is 0 Å². The number of aromatic nitrogens is 2. The molecule has 2 N–H and O–H groups in total. The highest BCUT2D eigenvalue weighted by Gasteiger charge is 2.22. The van der Waals surface area contributed by atoms with E-state index in [0.717, 1.165) is 73.2 Å². The van der Waals surface area contributed by atoms with Crippen molar-refractivity contribution in [3.05, 3.63) is 53.0 Å². The summed E-state index contributed by atoms with van der Waals surface area (Å²) in [4.78, 5) is 17.8. The molecule has 3 heterocycles. The first-order valence-electron chi connectivity index (χ1n) is 13.0. The Bertz CT molecular complexity index is 1190. The van der Waals surface area contributed by atoms with Gasteiger partial charge < -0.3 is 10.2 Å². The molecule has 2 fully saturated rings. The Morgan fingerprint density at radius 2 is 1.89 bits per heavy atom. The fourth-order valence-corrected chi connectivity index (χ4v) is 5.54. The first-order chi connectivity index (χ1) is 17.0. The summed E-state index contributed by atoms with van der Waals surface area (Å²) in [6.07, 6.45) is 6.20. The van der Waals surface area contributed by atoms with E-state index in [9.17, 15) is 4.79 Å². The van der Waals surface area contributed by atoms with Gasteiger partial charge in [-0.05, 0) is 112 Å². The zero-order valence-electron chi connectivity index (χ0n) is 20.9. The topological polar surface area (TPSA) is 64.3 Å². The fourth-order valence-electron chi connectivity index (χ4n) is 5.54. The van der Waals surface area contributed by atoms with Gasteiger partial charge in [-0.1, -0.05) is 19.4 Å². The number of fused-ring (bicyclic) bond motifs is 1. The van der Waals surface area contributed by atoms with Gasteiger partial charge >= 0.3 is 0 Å². The van der Waals surface area contributed by atoms with Gasteiger partial charge in [0.05, 0.1) is 5.52 Å². The van der Waals surface area contributed by atoms with Crippen molar-refractivity contribution in [2.75, 3.05) is 33.2 Å². The van der Waals surface area contributed by atoms with Crippen LogP contribution in [0.4, 0.5) is 4.39 Å². The van der Waals surface area contributed by atoms with Crippen LogP contribution in [0.25, 0.3) is 22.0 Å². The number of carbonyl (C=O) groups is 1. The molecule has 0 aliphatic carbocycles. The summed E-state index contributed by atoms with van der Waals surface area (Å²) in [5.41, 5.74) is 4.76. The quantitative estimate of drug-likeness (QED) is 0.538. The van der Waals surface area contributed by atoms with Crippen LogP contribution in [0.2, 0.25) is 0 Å². The highest BCUT2D eigenvalue weighted by Crippen LogP contribution is 2.32. The largest absolute Gasteiger partial charge is 0.348 e. The number of benzene rings is 2. The van der Waals surface area contributed by atoms with E-state index in [1.165, 1.54) is 19.3 Å². The highest BCUT2D eigenvalue weighted by molar-refractivity contribution is 6.05. The molecule has 2 aromatic carbocycles. The molecule has 3 aromatic rings. The summed E-state index contributed by atoms with van der Waals surface area (Å²) in [6.45, 7) is 6.87. The zero-order chi connectivity index (χ0) is 24.4. The van der Waals surface area contributed by atoms with Crippen LogP contribution in [0.5, 0.6) is 0 Å². The van der Waals surface area contributed by atoms with Crippen molar-refractivity contribution >= 4 is 16.8 Å². The van der Waals surface area contributed by atoms with E-state index in [1.54, 1.807) is 6.07 Å². The van der Waals surface area contributed by atoms with Crippen LogP contribution < -0.4 is 5.32 Å². The van der Waals surface area contributed by atoms with Crippen LogP contribution in [-0.2, 0) is 13.0 Å². The van der Waals surface area contributed by atoms with Gasteiger partial charge in [-0.25, -0.2) is 4.39 Å². The minimum absolute atomic E-state index is 0.149. The minimum Gasteiger partial charge on any atom is -0.348 e. The average molecular weight is 478 g/mol. The van der Waals surface area contributed by atoms with Gasteiger partial charge in [-0.3, -0.25) is 14.8 Å². The molecule has 0 spiro atoms. The Morgan fingerprint density at radius 3 is 2.63 bits per heavy atom. The Hall–Kier alpha value is -2.77. The van der Waals surface area contributed by atoms with Gasteiger partial charge in [0.2, 0.25) is 0 Å². The van der Waals surface area contributed by atoms with Crippen molar-refractivity contribution in [1.82, 2.24) is 25.3 Å². The molecule has 0 saturated carbocycles. The maximum absolute atomic E-state index is 15.2. The number of amides is 1. The van der Waals surface area contributed by atoms with E-state index in [4.69, 9.17) is 0 Å². The third-order valence-electron chi connectivity index (χ3n) is 7.61. The first kappa shape index (κ1) is 23.9. The number of piperidine rings is 2. The van der Waals surface area contributed by atoms with E-state index in [1.807, 2.05) is 25.1 Å². The average Bonchev–Trinajstić information content (AvgIpc) is 3.29. The summed E-state index contributed by atoms with van der Waals surface area (Å²) < 4.78 is 15.2. The number of H-pyrrole nitrogens is 1. The highest BCUT2D eigenvalue weighted by atomic mass is 19.1. The van der Waals surface area contributed by atoms with Gasteiger partial charge in [0.15, 0.2) is 5.69 Å². The summed E-state index contributed by atoms with van der Waals surface area (Å²) >= 11 is 0. The van der Waals surface area contributed by atoms with E-state index in [-0.39, 0.29) is 17.8 Å². The Morgan fingerprint density at radius 1 is 1.11 bits per heavy atom. The van der Waals surface area contributed by atoms with Crippen molar-refractivity contribution < 1.29 is 9.18 Å². The predicted octanol–water partition coefficient (Wildman–Crippen LogP) is 4.74. The lowest BCUT2D eigenvalue weighted by Crippen LogP contribution is -2.43. The van der Waals surface area contributed by atoms with Crippen molar-refractivity contribution in [3.63, 3.8) is 0 Å². The van der Waals surface area contributed by atoms with Crippen molar-refractivity contribution in [2.45, 2.75) is 58.0 Å². The lowest BCUT2D eigenvalue weighted by Gasteiger charge is -2.29. The number of rotatable bonds is 6. The standard InChI is InChI=1S/C28H36FN5O/c1-3-22-23(15-19(16-25(22)29)18-34-11-5-4-6-12-34)20-7-8-26-24(17-20)27(32-31-26)28(35)30-21-9-13-33(2)14-10-21/h7-8,15-17,21H,3-6,9-14,18H2,1-2H3,(H,30,35)(H,31,32). The normalized spacial score (nSPS) is 18.3. The maximum Gasteiger partial charge on any atom is 0.272 e. The second kappa shape index (κ2) is 10.5. The third-order valence-corrected chi connectivity index (χ3v) is 7.61. The molecular weight excluding hydrogens is 441 g/mol. The molecule has 6 nitrogen and oxygen atoms in total. The number of hydrogen-bond acceptors (Lipinski definition) is 4. The van der Waals surface area contributed by atoms with Crippen molar-refractivity contribution in [1.29, 1.82) is 0 Å².